The predicted octanol–water partition coefficient (Wildman–Crippen LogP) is 0.122. The molecule has 1 aromatic heterocycles. The molecule has 7 heteroatoms. The number of carboxylic acid groups (broad SMARTS) is 1. The van der Waals surface area contributed by atoms with Crippen LogP contribution in [0.5, 0.6) is 0 Å². The van der Waals surface area contributed by atoms with Crippen molar-refractivity contribution in [1.29, 1.82) is 0 Å². The molecule has 6 nitrogen and oxygen atoms in total. The maximum Gasteiger partial charge on any atom is 0.405 e. The molecule has 0 fully saturated rings. The molecule has 0 saturated heterocycles. The van der Waals surface area contributed by atoms with Crippen LogP contribution in [0.4, 0.5) is 4.79 Å². The molecule has 0 unspecified atom stereocenters. The molecule has 3 N–H and O–H groups in total. The van der Waals surface area contributed by atoms with Crippen LogP contribution in [0.25, 0.3) is 0 Å². The normalized spacial score (nSPS) is 9.45. The molecule has 0 spiro atoms. The van der Waals surface area contributed by atoms with Crippen molar-refractivity contribution in [2.75, 3.05) is 5.88 Å². The zero-order chi connectivity index (χ0) is 8.10. The molecule has 0 bridgehead atoms. The van der Waals surface area contributed by atoms with Gasteiger partial charge in [-0.25, -0.2) is 4.79 Å². The summed E-state index contributed by atoms with van der Waals surface area (Å²) in [5.41, 5.74) is 0. The van der Waals surface area contributed by atoms with E-state index in [1.807, 2.05) is 0 Å². The number of rotatable bonds is 3. The number of nitrogens with one attached hydrogen (secondary N) is 2. The number of aromatic nitrogens is 3. The van der Waals surface area contributed by atoms with Gasteiger partial charge >= 0.3 is 6.09 Å². The summed E-state index contributed by atoms with van der Waals surface area (Å²) >= 11 is 1.28. The van der Waals surface area contributed by atoms with Gasteiger partial charge in [0.1, 0.15) is 5.03 Å². The third-order valence-electron chi connectivity index (χ3n) is 0.844. The number of H-pyrrole nitrogens is 1. The Morgan fingerprint density at radius 1 is 1.91 bits per heavy atom. The molecule has 60 valence electrons. The van der Waals surface area contributed by atoms with Crippen LogP contribution in [0, 0.1) is 0 Å². The van der Waals surface area contributed by atoms with Crippen molar-refractivity contribution in [3.63, 3.8) is 0 Å². The lowest BCUT2D eigenvalue weighted by Crippen LogP contribution is -2.19. The first kappa shape index (κ1) is 7.86. The van der Waals surface area contributed by atoms with Crippen molar-refractivity contribution in [2.24, 2.45) is 0 Å². The standard InChI is InChI=1S/C4H6N4O2S/c9-4(10)5-2-11-3-1-6-8-7-3/h1,5H,2H2,(H,9,10)(H,6,7,8). The van der Waals surface area contributed by atoms with Crippen LogP contribution >= 0.6 is 11.8 Å². The molecule has 0 aliphatic carbocycles. The molecular formula is C4H6N4O2S. The van der Waals surface area contributed by atoms with E-state index >= 15 is 0 Å². The lowest BCUT2D eigenvalue weighted by atomic mass is 11.0. The van der Waals surface area contributed by atoms with Crippen LogP contribution in [0.15, 0.2) is 11.2 Å². The topological polar surface area (TPSA) is 90.9 Å². The summed E-state index contributed by atoms with van der Waals surface area (Å²) in [7, 11) is 0. The van der Waals surface area contributed by atoms with Gasteiger partial charge in [0, 0.05) is 0 Å². The van der Waals surface area contributed by atoms with Crippen LogP contribution in [-0.2, 0) is 0 Å². The SMILES string of the molecule is O=C(O)NCSc1cnn[nH]1. The predicted molar refractivity (Wildman–Crippen MR) is 38.3 cm³/mol. The summed E-state index contributed by atoms with van der Waals surface area (Å²) in [5.74, 6) is 0.291. The first-order valence-electron chi connectivity index (χ1n) is 2.74. The molecule has 1 aromatic rings. The first-order valence-corrected chi connectivity index (χ1v) is 3.73. The molecule has 0 saturated carbocycles. The largest absolute Gasteiger partial charge is 0.465 e. The van der Waals surface area contributed by atoms with E-state index in [4.69, 9.17) is 5.11 Å². The second kappa shape index (κ2) is 3.81. The second-order valence-corrected chi connectivity index (χ2v) is 2.61. The van der Waals surface area contributed by atoms with Crippen molar-refractivity contribution in [3.05, 3.63) is 6.20 Å². The van der Waals surface area contributed by atoms with E-state index < -0.39 is 6.09 Å². The summed E-state index contributed by atoms with van der Waals surface area (Å²) in [6.07, 6.45) is 0.485. The fourth-order valence-corrected chi connectivity index (χ4v) is 1.01. The van der Waals surface area contributed by atoms with E-state index in [1.165, 1.54) is 18.0 Å². The Kier molecular flexibility index (Phi) is 2.73. The van der Waals surface area contributed by atoms with E-state index in [0.29, 0.717) is 5.88 Å². The first-order chi connectivity index (χ1) is 5.29. The quantitative estimate of drug-likeness (QED) is 0.447. The van der Waals surface area contributed by atoms with E-state index in [2.05, 4.69) is 20.7 Å². The van der Waals surface area contributed by atoms with E-state index in [9.17, 15) is 4.79 Å². The Bertz CT molecular complexity index is 224. The zero-order valence-corrected chi connectivity index (χ0v) is 6.26. The monoisotopic (exact) mass is 174 g/mol. The van der Waals surface area contributed by atoms with Crippen LogP contribution in [-0.4, -0.2) is 32.5 Å². The molecule has 0 radical (unpaired) electrons. The molecule has 0 aromatic carbocycles. The molecule has 0 aliphatic rings. The summed E-state index contributed by atoms with van der Waals surface area (Å²) in [6.45, 7) is 0. The molecule has 0 aliphatic heterocycles. The highest BCUT2D eigenvalue weighted by molar-refractivity contribution is 7.99. The maximum absolute atomic E-state index is 9.96. The van der Waals surface area contributed by atoms with Crippen LogP contribution < -0.4 is 5.32 Å². The number of amides is 1. The summed E-state index contributed by atoms with van der Waals surface area (Å²) in [4.78, 5) is 9.96. The van der Waals surface area contributed by atoms with Crippen molar-refractivity contribution >= 4 is 17.9 Å². The Hall–Kier alpha value is -1.24. The molecular weight excluding hydrogens is 168 g/mol. The smallest absolute Gasteiger partial charge is 0.405 e. The Morgan fingerprint density at radius 3 is 3.27 bits per heavy atom. The number of thioether (sulfide) groups is 1. The zero-order valence-electron chi connectivity index (χ0n) is 5.44. The Morgan fingerprint density at radius 2 is 2.73 bits per heavy atom. The minimum Gasteiger partial charge on any atom is -0.465 e. The van der Waals surface area contributed by atoms with Crippen molar-refractivity contribution in [2.45, 2.75) is 5.03 Å². The summed E-state index contributed by atoms with van der Waals surface area (Å²) < 4.78 is 0. The van der Waals surface area contributed by atoms with Gasteiger partial charge < -0.3 is 10.4 Å². The Labute approximate surface area is 66.4 Å². The fraction of sp³-hybridized carbons (Fsp3) is 0.250. The van der Waals surface area contributed by atoms with Gasteiger partial charge in [0.25, 0.3) is 0 Å². The lowest BCUT2D eigenvalue weighted by molar-refractivity contribution is 0.196. The van der Waals surface area contributed by atoms with Crippen LogP contribution in [0.1, 0.15) is 0 Å². The number of carbonyl (C=O) groups is 1. The fourth-order valence-electron chi connectivity index (χ4n) is 0.433. The molecule has 1 heterocycles. The van der Waals surface area contributed by atoms with E-state index in [-0.39, 0.29) is 0 Å². The third-order valence-corrected chi connectivity index (χ3v) is 1.64. The third kappa shape index (κ3) is 2.89. The number of aromatic amines is 1. The van der Waals surface area contributed by atoms with Gasteiger partial charge in [0.15, 0.2) is 0 Å². The number of hydrogen-bond donors (Lipinski definition) is 3. The van der Waals surface area contributed by atoms with Gasteiger partial charge in [-0.05, 0) is 0 Å². The number of nitrogens with zero attached hydrogens (tertiary/aromatic N) is 2. The minimum absolute atomic E-state index is 0.291. The van der Waals surface area contributed by atoms with Gasteiger partial charge in [-0.15, -0.1) is 5.10 Å². The highest BCUT2D eigenvalue weighted by Crippen LogP contribution is 2.09. The molecule has 1 rings (SSSR count). The van der Waals surface area contributed by atoms with E-state index in [1.54, 1.807) is 0 Å². The Balaban J connectivity index is 2.19. The van der Waals surface area contributed by atoms with Gasteiger partial charge in [0.2, 0.25) is 0 Å². The highest BCUT2D eigenvalue weighted by atomic mass is 32.2. The highest BCUT2D eigenvalue weighted by Gasteiger charge is 1.96. The van der Waals surface area contributed by atoms with Gasteiger partial charge in [-0.3, -0.25) is 5.10 Å². The average molecular weight is 174 g/mol. The molecule has 0 atom stereocenters. The molecule has 1 amide bonds. The lowest BCUT2D eigenvalue weighted by Gasteiger charge is -1.95. The van der Waals surface area contributed by atoms with Gasteiger partial charge in [-0.2, -0.15) is 0 Å². The second-order valence-electron chi connectivity index (χ2n) is 1.59. The maximum atomic E-state index is 9.96. The van der Waals surface area contributed by atoms with Gasteiger partial charge in [0.05, 0.1) is 12.1 Å². The number of hydrogen-bond acceptors (Lipinski definition) is 4. The van der Waals surface area contributed by atoms with Gasteiger partial charge in [-0.1, -0.05) is 17.0 Å². The van der Waals surface area contributed by atoms with E-state index in [0.717, 1.165) is 5.03 Å². The van der Waals surface area contributed by atoms with Crippen molar-refractivity contribution < 1.29 is 9.90 Å². The molecule has 11 heavy (non-hydrogen) atoms. The van der Waals surface area contributed by atoms with Crippen molar-refractivity contribution in [3.8, 4) is 0 Å². The summed E-state index contributed by atoms with van der Waals surface area (Å²) in [6, 6.07) is 0. The van der Waals surface area contributed by atoms with Crippen LogP contribution in [0.3, 0.4) is 0 Å². The average Bonchev–Trinajstić information content (AvgIpc) is 2.39. The van der Waals surface area contributed by atoms with Crippen molar-refractivity contribution in [1.82, 2.24) is 20.7 Å². The summed E-state index contributed by atoms with van der Waals surface area (Å²) in [5, 5.41) is 20.6. The minimum atomic E-state index is -1.04. The van der Waals surface area contributed by atoms with Crippen LogP contribution in [0.2, 0.25) is 0 Å².